The second-order valence-electron chi connectivity index (χ2n) is 10.8. The van der Waals surface area contributed by atoms with Crippen LogP contribution in [0.15, 0.2) is 43.1 Å². The van der Waals surface area contributed by atoms with Crippen molar-refractivity contribution < 1.29 is 22.7 Å². The molecule has 0 atom stereocenters. The zero-order valence-electron chi connectivity index (χ0n) is 22.8. The van der Waals surface area contributed by atoms with Gasteiger partial charge in [0.25, 0.3) is 5.91 Å². The highest BCUT2D eigenvalue weighted by Gasteiger charge is 2.49. The SMILES string of the molecule is COCc1cc(C(=O)N2CCN(C3CC(CC#N)(n4cc(-c5ncnc6[nH]ccc56)cn4)C3)CC2)nc(C(F)(F)F)c1. The van der Waals surface area contributed by atoms with Gasteiger partial charge in [-0.1, -0.05) is 0 Å². The van der Waals surface area contributed by atoms with Crippen LogP contribution in [0.4, 0.5) is 13.2 Å². The van der Waals surface area contributed by atoms with Gasteiger partial charge >= 0.3 is 6.18 Å². The number of aromatic nitrogens is 6. The maximum Gasteiger partial charge on any atom is 0.433 e. The van der Waals surface area contributed by atoms with E-state index < -0.39 is 23.3 Å². The molecule has 0 radical (unpaired) electrons. The Morgan fingerprint density at radius 3 is 2.71 bits per heavy atom. The summed E-state index contributed by atoms with van der Waals surface area (Å²) < 4.78 is 47.0. The van der Waals surface area contributed by atoms with Crippen molar-refractivity contribution >= 4 is 16.9 Å². The van der Waals surface area contributed by atoms with Crippen molar-refractivity contribution in [3.63, 3.8) is 0 Å². The van der Waals surface area contributed by atoms with Crippen LogP contribution in [0, 0.1) is 11.3 Å². The minimum absolute atomic E-state index is 0.0565. The van der Waals surface area contributed by atoms with Crippen molar-refractivity contribution in [3.05, 3.63) is 60.1 Å². The largest absolute Gasteiger partial charge is 0.433 e. The molecule has 0 spiro atoms. The number of amides is 1. The topological polar surface area (TPSA) is 129 Å². The predicted molar refractivity (Wildman–Crippen MR) is 144 cm³/mol. The van der Waals surface area contributed by atoms with Gasteiger partial charge < -0.3 is 14.6 Å². The normalized spacial score (nSPS) is 21.3. The predicted octanol–water partition coefficient (Wildman–Crippen LogP) is 3.61. The van der Waals surface area contributed by atoms with Gasteiger partial charge in [-0.15, -0.1) is 0 Å². The quantitative estimate of drug-likeness (QED) is 0.352. The Balaban J connectivity index is 1.11. The lowest BCUT2D eigenvalue weighted by molar-refractivity contribution is -0.141. The Morgan fingerprint density at radius 1 is 1.21 bits per heavy atom. The number of carbonyl (C=O) groups is 1. The average Bonchev–Trinajstić information content (AvgIpc) is 3.64. The highest BCUT2D eigenvalue weighted by molar-refractivity contribution is 5.92. The average molecular weight is 580 g/mol. The van der Waals surface area contributed by atoms with Gasteiger partial charge in [0.2, 0.25) is 0 Å². The van der Waals surface area contributed by atoms with Gasteiger partial charge in [0, 0.05) is 62.7 Å². The van der Waals surface area contributed by atoms with E-state index in [1.807, 2.05) is 23.1 Å². The smallest absolute Gasteiger partial charge is 0.380 e. The second-order valence-corrected chi connectivity index (χ2v) is 10.8. The molecule has 2 fully saturated rings. The summed E-state index contributed by atoms with van der Waals surface area (Å²) in [6.07, 6.45) is 4.06. The molecule has 2 aliphatic rings. The molecule has 1 saturated heterocycles. The number of alkyl halides is 3. The molecule has 1 saturated carbocycles. The number of rotatable bonds is 7. The summed E-state index contributed by atoms with van der Waals surface area (Å²) in [6, 6.07) is 6.68. The lowest BCUT2D eigenvalue weighted by Gasteiger charge is -2.52. The molecule has 0 bridgehead atoms. The standard InChI is InChI=1S/C28H28F3N9O2/c1-42-16-18-10-22(37-23(11-18)28(29,30)31)26(41)39-8-6-38(7-9-39)20-12-27(13-20,3-4-32)40-15-19(14-36-40)24-21-2-5-33-25(21)35-17-34-24/h2,5,10-11,14-15,17,20H,3,6-9,12-13,16H2,1H3,(H,33,34,35). The van der Waals surface area contributed by atoms with E-state index in [-0.39, 0.29) is 23.9 Å². The number of fused-ring (bicyclic) bond motifs is 1. The van der Waals surface area contributed by atoms with Crippen molar-refractivity contribution in [2.45, 2.75) is 43.6 Å². The number of ether oxygens (including phenoxy) is 1. The highest BCUT2D eigenvalue weighted by atomic mass is 19.4. The number of nitriles is 1. The summed E-state index contributed by atoms with van der Waals surface area (Å²) in [5.74, 6) is -0.532. The molecule has 4 aromatic rings. The number of H-pyrrole nitrogens is 1. The number of pyridine rings is 1. The number of halogens is 3. The first-order valence-corrected chi connectivity index (χ1v) is 13.5. The van der Waals surface area contributed by atoms with Crippen molar-refractivity contribution in [2.24, 2.45) is 0 Å². The second kappa shape index (κ2) is 10.8. The van der Waals surface area contributed by atoms with E-state index in [0.29, 0.717) is 45.4 Å². The van der Waals surface area contributed by atoms with Gasteiger partial charge in [-0.25, -0.2) is 15.0 Å². The van der Waals surface area contributed by atoms with E-state index in [4.69, 9.17) is 4.74 Å². The first-order valence-electron chi connectivity index (χ1n) is 13.5. The molecule has 42 heavy (non-hydrogen) atoms. The fourth-order valence-electron chi connectivity index (χ4n) is 5.99. The van der Waals surface area contributed by atoms with Crippen molar-refractivity contribution in [1.82, 2.24) is 39.5 Å². The number of carbonyl (C=O) groups excluding carboxylic acids is 1. The molecule has 0 aromatic carbocycles. The van der Waals surface area contributed by atoms with Gasteiger partial charge in [-0.3, -0.25) is 14.4 Å². The third kappa shape index (κ3) is 5.10. The summed E-state index contributed by atoms with van der Waals surface area (Å²) in [5, 5.41) is 15.1. The minimum atomic E-state index is -4.67. The van der Waals surface area contributed by atoms with Crippen LogP contribution in [0.5, 0.6) is 0 Å². The van der Waals surface area contributed by atoms with E-state index in [1.54, 1.807) is 11.1 Å². The molecular formula is C28H28F3N9O2. The van der Waals surface area contributed by atoms with Crippen LogP contribution in [0.2, 0.25) is 0 Å². The third-order valence-corrected chi connectivity index (χ3v) is 8.16. The van der Waals surface area contributed by atoms with Crippen LogP contribution in [0.3, 0.4) is 0 Å². The number of methoxy groups -OCH3 is 1. The van der Waals surface area contributed by atoms with Gasteiger partial charge in [-0.05, 0) is 36.6 Å². The summed E-state index contributed by atoms with van der Waals surface area (Å²) in [6.45, 7) is 1.81. The van der Waals surface area contributed by atoms with Crippen LogP contribution < -0.4 is 0 Å². The fourth-order valence-corrected chi connectivity index (χ4v) is 5.99. The number of piperazine rings is 1. The lowest BCUT2D eigenvalue weighted by atomic mass is 9.70. The molecule has 5 heterocycles. The Kier molecular flexibility index (Phi) is 7.15. The number of hydrogen-bond acceptors (Lipinski definition) is 8. The van der Waals surface area contributed by atoms with E-state index in [1.165, 1.54) is 19.5 Å². The lowest BCUT2D eigenvalue weighted by Crippen LogP contribution is -2.60. The van der Waals surface area contributed by atoms with Crippen molar-refractivity contribution in [2.75, 3.05) is 33.3 Å². The van der Waals surface area contributed by atoms with Gasteiger partial charge in [0.1, 0.15) is 23.4 Å². The molecular weight excluding hydrogens is 551 g/mol. The molecule has 1 N–H and O–H groups in total. The Morgan fingerprint density at radius 2 is 2.00 bits per heavy atom. The first-order chi connectivity index (χ1) is 20.2. The zero-order chi connectivity index (χ0) is 29.5. The molecule has 14 heteroatoms. The summed E-state index contributed by atoms with van der Waals surface area (Å²) in [7, 11) is 1.38. The van der Waals surface area contributed by atoms with E-state index >= 15 is 0 Å². The highest BCUT2D eigenvalue weighted by Crippen LogP contribution is 2.45. The Bertz CT molecular complexity index is 1640. The molecule has 218 valence electrons. The zero-order valence-corrected chi connectivity index (χ0v) is 22.8. The maximum absolute atomic E-state index is 13.4. The Hall–Kier alpha value is -4.35. The van der Waals surface area contributed by atoms with Crippen molar-refractivity contribution in [3.8, 4) is 17.3 Å². The van der Waals surface area contributed by atoms with Crippen LogP contribution >= 0.6 is 0 Å². The molecule has 6 rings (SSSR count). The number of hydrogen-bond donors (Lipinski definition) is 1. The number of aromatic amines is 1. The number of nitrogens with zero attached hydrogens (tertiary/aromatic N) is 8. The van der Waals surface area contributed by atoms with Gasteiger partial charge in [0.15, 0.2) is 0 Å². The molecule has 11 nitrogen and oxygen atoms in total. The van der Waals surface area contributed by atoms with Crippen LogP contribution in [0.25, 0.3) is 22.3 Å². The minimum Gasteiger partial charge on any atom is -0.380 e. The monoisotopic (exact) mass is 579 g/mol. The number of nitrogens with one attached hydrogen (secondary N) is 1. The molecule has 0 unspecified atom stereocenters. The maximum atomic E-state index is 13.4. The van der Waals surface area contributed by atoms with Crippen LogP contribution in [0.1, 0.15) is 41.0 Å². The molecule has 1 aliphatic carbocycles. The molecule has 1 aliphatic heterocycles. The van der Waals surface area contributed by atoms with Crippen LogP contribution in [-0.2, 0) is 23.1 Å². The van der Waals surface area contributed by atoms with E-state index in [2.05, 4.69) is 36.0 Å². The fraction of sp³-hybridized carbons (Fsp3) is 0.429. The summed E-state index contributed by atoms with van der Waals surface area (Å²) >= 11 is 0. The summed E-state index contributed by atoms with van der Waals surface area (Å²) in [4.78, 5) is 32.3. The summed E-state index contributed by atoms with van der Waals surface area (Å²) in [5.41, 5.74) is 0.782. The molecule has 4 aromatic heterocycles. The van der Waals surface area contributed by atoms with Crippen LogP contribution in [-0.4, -0.2) is 84.8 Å². The van der Waals surface area contributed by atoms with E-state index in [9.17, 15) is 23.2 Å². The van der Waals surface area contributed by atoms with Crippen molar-refractivity contribution in [1.29, 1.82) is 5.26 Å². The van der Waals surface area contributed by atoms with E-state index in [0.717, 1.165) is 28.4 Å². The third-order valence-electron chi connectivity index (χ3n) is 8.16. The van der Waals surface area contributed by atoms with Gasteiger partial charge in [0.05, 0.1) is 36.5 Å². The Labute approximate surface area is 238 Å². The first kappa shape index (κ1) is 27.8. The molecule has 1 amide bonds. The van der Waals surface area contributed by atoms with Gasteiger partial charge in [-0.2, -0.15) is 23.5 Å².